The van der Waals surface area contributed by atoms with Gasteiger partial charge < -0.3 is 10.3 Å². The van der Waals surface area contributed by atoms with Gasteiger partial charge in [-0.2, -0.15) is 0 Å². The van der Waals surface area contributed by atoms with Crippen LogP contribution in [0, 0.1) is 0 Å². The van der Waals surface area contributed by atoms with Crippen molar-refractivity contribution in [3.63, 3.8) is 0 Å². The number of H-pyrrole nitrogens is 1. The lowest BCUT2D eigenvalue weighted by Gasteiger charge is -2.05. The van der Waals surface area contributed by atoms with E-state index in [0.717, 1.165) is 39.7 Å². The smallest absolute Gasteiger partial charge is 0.304 e. The quantitative estimate of drug-likeness (QED) is 0.848. The first kappa shape index (κ1) is 12.3. The molecule has 0 amide bonds. The number of nitrogens with one attached hydrogen (secondary N) is 2. The van der Waals surface area contributed by atoms with Crippen molar-refractivity contribution in [2.75, 3.05) is 5.32 Å². The summed E-state index contributed by atoms with van der Waals surface area (Å²) in [5.41, 5.74) is 0.854. The van der Waals surface area contributed by atoms with Gasteiger partial charge in [-0.15, -0.1) is 0 Å². The molecule has 0 aliphatic heterocycles. The topological polar surface area (TPSA) is 70.7 Å². The molecule has 0 fully saturated rings. The number of anilines is 1. The third-order valence-electron chi connectivity index (χ3n) is 2.09. The van der Waals surface area contributed by atoms with E-state index >= 15 is 0 Å². The van der Waals surface area contributed by atoms with E-state index in [1.54, 1.807) is 5.38 Å². The Bertz CT molecular complexity index is 565. The van der Waals surface area contributed by atoms with E-state index in [-0.39, 0.29) is 4.87 Å². The van der Waals surface area contributed by atoms with Gasteiger partial charge in [-0.25, -0.2) is 9.97 Å². The first-order valence-corrected chi connectivity index (χ1v) is 6.78. The second kappa shape index (κ2) is 5.42. The molecule has 5 nitrogen and oxygen atoms in total. The number of hydrogen-bond donors (Lipinski definition) is 2. The molecular formula is C10H11BrN4OS. The summed E-state index contributed by atoms with van der Waals surface area (Å²) in [6.07, 6.45) is 0.781. The summed E-state index contributed by atoms with van der Waals surface area (Å²) in [5, 5.41) is 4.94. The second-order valence-corrected chi connectivity index (χ2v) is 5.03. The van der Waals surface area contributed by atoms with E-state index in [1.807, 2.05) is 13.0 Å². The van der Waals surface area contributed by atoms with Gasteiger partial charge in [0.2, 0.25) is 0 Å². The second-order valence-electron chi connectivity index (χ2n) is 3.37. The van der Waals surface area contributed by atoms with Crippen LogP contribution in [0.25, 0.3) is 0 Å². The molecule has 0 aliphatic carbocycles. The molecule has 0 atom stereocenters. The molecule has 2 aromatic heterocycles. The average Bonchev–Trinajstić information content (AvgIpc) is 2.72. The highest BCUT2D eigenvalue weighted by atomic mass is 79.9. The van der Waals surface area contributed by atoms with Crippen molar-refractivity contribution in [1.29, 1.82) is 0 Å². The maximum atomic E-state index is 11.0. The number of hydrogen-bond acceptors (Lipinski definition) is 5. The molecule has 2 heterocycles. The third kappa shape index (κ3) is 3.37. The number of aromatic nitrogens is 3. The lowest BCUT2D eigenvalue weighted by Crippen LogP contribution is -2.06. The lowest BCUT2D eigenvalue weighted by atomic mass is 10.4. The Hall–Kier alpha value is -1.21. The average molecular weight is 315 g/mol. The number of aromatic amines is 1. The zero-order valence-corrected chi connectivity index (χ0v) is 11.6. The monoisotopic (exact) mass is 314 g/mol. The van der Waals surface area contributed by atoms with Crippen molar-refractivity contribution in [2.45, 2.75) is 19.9 Å². The summed E-state index contributed by atoms with van der Waals surface area (Å²) in [7, 11) is 0. The number of rotatable bonds is 4. The summed E-state index contributed by atoms with van der Waals surface area (Å²) >= 11 is 4.49. The van der Waals surface area contributed by atoms with E-state index in [9.17, 15) is 4.79 Å². The van der Waals surface area contributed by atoms with Gasteiger partial charge in [-0.05, 0) is 15.9 Å². The van der Waals surface area contributed by atoms with Crippen LogP contribution < -0.4 is 10.2 Å². The van der Waals surface area contributed by atoms with Crippen LogP contribution in [0.4, 0.5) is 5.82 Å². The van der Waals surface area contributed by atoms with Gasteiger partial charge in [0.1, 0.15) is 16.2 Å². The van der Waals surface area contributed by atoms with Crippen LogP contribution in [0.5, 0.6) is 0 Å². The Morgan fingerprint density at radius 2 is 2.35 bits per heavy atom. The van der Waals surface area contributed by atoms with Crippen molar-refractivity contribution in [2.24, 2.45) is 0 Å². The van der Waals surface area contributed by atoms with E-state index in [4.69, 9.17) is 0 Å². The van der Waals surface area contributed by atoms with E-state index in [2.05, 4.69) is 36.2 Å². The Balaban J connectivity index is 2.08. The molecule has 0 aliphatic rings. The van der Waals surface area contributed by atoms with Crippen molar-refractivity contribution in [1.82, 2.24) is 15.0 Å². The van der Waals surface area contributed by atoms with Crippen LogP contribution >= 0.6 is 27.3 Å². The van der Waals surface area contributed by atoms with E-state index in [1.165, 1.54) is 0 Å². The zero-order valence-electron chi connectivity index (χ0n) is 9.16. The van der Waals surface area contributed by atoms with Gasteiger partial charge in [0.15, 0.2) is 0 Å². The molecule has 2 rings (SSSR count). The standard InChI is InChI=1S/C10H11BrN4OS/c1-2-8-14-7(11)3-9(15-8)12-4-6-5-17-10(16)13-6/h3,5H,2,4H2,1H3,(H,13,16)(H,12,14,15). The van der Waals surface area contributed by atoms with Crippen LogP contribution in [-0.2, 0) is 13.0 Å². The maximum Gasteiger partial charge on any atom is 0.304 e. The molecule has 0 radical (unpaired) electrons. The normalized spacial score (nSPS) is 10.5. The molecule has 0 unspecified atom stereocenters. The van der Waals surface area contributed by atoms with Crippen LogP contribution in [-0.4, -0.2) is 15.0 Å². The predicted octanol–water partition coefficient (Wildman–Crippen LogP) is 2.16. The highest BCUT2D eigenvalue weighted by molar-refractivity contribution is 9.10. The van der Waals surface area contributed by atoms with Crippen LogP contribution in [0.15, 0.2) is 20.8 Å². The summed E-state index contributed by atoms with van der Waals surface area (Å²) in [4.78, 5) is 22.2. The van der Waals surface area contributed by atoms with Crippen molar-refractivity contribution < 1.29 is 0 Å². The first-order chi connectivity index (χ1) is 8.17. The molecule has 2 N–H and O–H groups in total. The molecule has 0 aromatic carbocycles. The zero-order chi connectivity index (χ0) is 12.3. The van der Waals surface area contributed by atoms with Crippen LogP contribution in [0.2, 0.25) is 0 Å². The largest absolute Gasteiger partial charge is 0.364 e. The van der Waals surface area contributed by atoms with Gasteiger partial charge in [0.05, 0.1) is 6.54 Å². The van der Waals surface area contributed by atoms with Gasteiger partial charge >= 0.3 is 4.87 Å². The van der Waals surface area contributed by atoms with E-state index in [0.29, 0.717) is 6.54 Å². The van der Waals surface area contributed by atoms with Crippen LogP contribution in [0.3, 0.4) is 0 Å². The molecule has 0 saturated heterocycles. The Labute approximate surface area is 110 Å². The molecule has 90 valence electrons. The highest BCUT2D eigenvalue weighted by Gasteiger charge is 2.02. The SMILES string of the molecule is CCc1nc(Br)cc(NCc2csc(=O)[nH]2)n1. The number of aryl methyl sites for hydroxylation is 1. The minimum Gasteiger partial charge on any atom is -0.364 e. The first-order valence-electron chi connectivity index (χ1n) is 5.11. The Morgan fingerprint density at radius 1 is 1.53 bits per heavy atom. The fourth-order valence-corrected chi connectivity index (χ4v) is 2.30. The predicted molar refractivity (Wildman–Crippen MR) is 71.4 cm³/mol. The molecule has 7 heteroatoms. The number of nitrogens with zero attached hydrogens (tertiary/aromatic N) is 2. The minimum atomic E-state index is -0.0417. The molecular weight excluding hydrogens is 304 g/mol. The Morgan fingerprint density at radius 3 is 3.00 bits per heavy atom. The fraction of sp³-hybridized carbons (Fsp3) is 0.300. The fourth-order valence-electron chi connectivity index (χ4n) is 1.30. The van der Waals surface area contributed by atoms with Crippen molar-refractivity contribution >= 4 is 33.1 Å². The lowest BCUT2D eigenvalue weighted by molar-refractivity contribution is 0.918. The highest BCUT2D eigenvalue weighted by Crippen LogP contribution is 2.13. The van der Waals surface area contributed by atoms with Gasteiger partial charge in [0, 0.05) is 23.6 Å². The molecule has 0 bridgehead atoms. The number of halogens is 1. The summed E-state index contributed by atoms with van der Waals surface area (Å²) < 4.78 is 0.755. The van der Waals surface area contributed by atoms with E-state index < -0.39 is 0 Å². The van der Waals surface area contributed by atoms with Gasteiger partial charge in [0.25, 0.3) is 0 Å². The van der Waals surface area contributed by atoms with Gasteiger partial charge in [-0.1, -0.05) is 18.3 Å². The Kier molecular flexibility index (Phi) is 3.90. The molecule has 17 heavy (non-hydrogen) atoms. The third-order valence-corrected chi connectivity index (χ3v) is 3.21. The van der Waals surface area contributed by atoms with Crippen molar-refractivity contribution in [3.8, 4) is 0 Å². The summed E-state index contributed by atoms with van der Waals surface area (Å²) in [6.45, 7) is 2.55. The van der Waals surface area contributed by atoms with Crippen molar-refractivity contribution in [3.05, 3.63) is 37.2 Å². The van der Waals surface area contributed by atoms with Gasteiger partial charge in [-0.3, -0.25) is 4.79 Å². The molecule has 0 saturated carbocycles. The maximum absolute atomic E-state index is 11.0. The molecule has 0 spiro atoms. The minimum absolute atomic E-state index is 0.0417. The summed E-state index contributed by atoms with van der Waals surface area (Å²) in [6, 6.07) is 1.81. The summed E-state index contributed by atoms with van der Waals surface area (Å²) in [5.74, 6) is 1.52. The number of thiazole rings is 1. The van der Waals surface area contributed by atoms with Crippen LogP contribution in [0.1, 0.15) is 18.4 Å². The molecule has 2 aromatic rings.